The van der Waals surface area contributed by atoms with Crippen molar-refractivity contribution in [3.8, 4) is 0 Å². The third kappa shape index (κ3) is 1.81. The van der Waals surface area contributed by atoms with Crippen LogP contribution >= 0.6 is 0 Å². The minimum Gasteiger partial charge on any atom is -0.328 e. The quantitative estimate of drug-likeness (QED) is 0.710. The van der Waals surface area contributed by atoms with E-state index < -0.39 is 0 Å². The Bertz CT molecular complexity index is 617. The predicted octanol–water partition coefficient (Wildman–Crippen LogP) is -0.488. The van der Waals surface area contributed by atoms with Crippen molar-refractivity contribution in [2.45, 2.75) is 24.9 Å². The molecule has 0 spiro atoms. The lowest BCUT2D eigenvalue weighted by atomic mass is 9.96. The monoisotopic (exact) mass is 248 g/mol. The number of nitrogens with zero attached hydrogens (tertiary/aromatic N) is 4. The molecule has 0 aromatic carbocycles. The van der Waals surface area contributed by atoms with Gasteiger partial charge in [-0.2, -0.15) is 9.61 Å². The first-order valence-corrected chi connectivity index (χ1v) is 6.04. The number of hydrogen-bond acceptors (Lipinski definition) is 5. The molecule has 18 heavy (non-hydrogen) atoms. The maximum absolute atomic E-state index is 11.8. The van der Waals surface area contributed by atoms with Crippen molar-refractivity contribution in [1.82, 2.24) is 24.5 Å². The van der Waals surface area contributed by atoms with Gasteiger partial charge in [0.1, 0.15) is 6.33 Å². The Morgan fingerprint density at radius 1 is 1.56 bits per heavy atom. The number of likely N-dealkylation sites (tertiary alicyclic amines) is 1. The topological polar surface area (TPSA) is 92.3 Å². The average molecular weight is 248 g/mol. The van der Waals surface area contributed by atoms with Crippen LogP contribution in [0, 0.1) is 0 Å². The fraction of sp³-hybridized carbons (Fsp3) is 0.545. The summed E-state index contributed by atoms with van der Waals surface area (Å²) in [6.45, 7) is 0.936. The lowest BCUT2D eigenvalue weighted by molar-refractivity contribution is 0.167. The summed E-state index contributed by atoms with van der Waals surface area (Å²) in [5.41, 5.74) is 7.18. The molecule has 0 radical (unpaired) electrons. The largest absolute Gasteiger partial charge is 0.348 e. The third-order valence-electron chi connectivity index (χ3n) is 3.57. The summed E-state index contributed by atoms with van der Waals surface area (Å²) >= 11 is 0. The molecule has 96 valence electrons. The van der Waals surface area contributed by atoms with Crippen molar-refractivity contribution in [2.75, 3.05) is 13.6 Å². The highest BCUT2D eigenvalue weighted by atomic mass is 16.1. The van der Waals surface area contributed by atoms with Crippen LogP contribution in [-0.4, -0.2) is 44.1 Å². The molecule has 3 N–H and O–H groups in total. The molecule has 2 aromatic heterocycles. The maximum atomic E-state index is 11.8. The fourth-order valence-electron chi connectivity index (χ4n) is 2.51. The Kier molecular flexibility index (Phi) is 2.64. The van der Waals surface area contributed by atoms with Crippen LogP contribution in [0.25, 0.3) is 5.65 Å². The zero-order valence-corrected chi connectivity index (χ0v) is 10.2. The van der Waals surface area contributed by atoms with Gasteiger partial charge in [0, 0.05) is 17.8 Å². The number of H-pyrrole nitrogens is 1. The molecule has 1 aliphatic rings. The molecule has 3 heterocycles. The molecule has 2 aromatic rings. The van der Waals surface area contributed by atoms with E-state index in [1.807, 2.05) is 13.1 Å². The standard InChI is InChI=1S/C11H16N6O/c1-16-3-2-7(12)4-9(16)8-5-10-13-6-14-17(10)11(18)15-8/h5-7,9H,2-4,12H2,1H3,(H,15,18). The van der Waals surface area contributed by atoms with E-state index >= 15 is 0 Å². The number of aromatic amines is 1. The van der Waals surface area contributed by atoms with Crippen LogP contribution in [-0.2, 0) is 0 Å². The van der Waals surface area contributed by atoms with Gasteiger partial charge in [-0.3, -0.25) is 4.90 Å². The Morgan fingerprint density at radius 3 is 3.22 bits per heavy atom. The molecule has 0 aliphatic carbocycles. The number of aromatic nitrogens is 4. The number of nitrogens with one attached hydrogen (secondary N) is 1. The highest BCUT2D eigenvalue weighted by Gasteiger charge is 2.26. The molecular weight excluding hydrogens is 232 g/mol. The summed E-state index contributed by atoms with van der Waals surface area (Å²) in [7, 11) is 2.04. The van der Waals surface area contributed by atoms with Crippen molar-refractivity contribution in [2.24, 2.45) is 5.73 Å². The Hall–Kier alpha value is -1.73. The second-order valence-corrected chi connectivity index (χ2v) is 4.84. The van der Waals surface area contributed by atoms with Gasteiger partial charge in [-0.05, 0) is 26.4 Å². The van der Waals surface area contributed by atoms with Gasteiger partial charge < -0.3 is 10.7 Å². The number of fused-ring (bicyclic) bond motifs is 1. The van der Waals surface area contributed by atoms with Crippen LogP contribution < -0.4 is 11.4 Å². The van der Waals surface area contributed by atoms with Crippen molar-refractivity contribution >= 4 is 5.65 Å². The molecule has 0 saturated carbocycles. The van der Waals surface area contributed by atoms with Crippen LogP contribution in [0.5, 0.6) is 0 Å². The predicted molar refractivity (Wildman–Crippen MR) is 66.2 cm³/mol. The Morgan fingerprint density at radius 2 is 2.39 bits per heavy atom. The smallest absolute Gasteiger partial charge is 0.328 e. The van der Waals surface area contributed by atoms with E-state index in [0.717, 1.165) is 25.1 Å². The van der Waals surface area contributed by atoms with E-state index in [9.17, 15) is 4.79 Å². The molecule has 7 heteroatoms. The number of piperidine rings is 1. The molecule has 0 bridgehead atoms. The highest BCUT2D eigenvalue weighted by Crippen LogP contribution is 2.27. The number of hydrogen-bond donors (Lipinski definition) is 2. The maximum Gasteiger partial charge on any atom is 0.348 e. The van der Waals surface area contributed by atoms with E-state index in [2.05, 4.69) is 20.0 Å². The lowest BCUT2D eigenvalue weighted by Crippen LogP contribution is -2.41. The molecule has 0 amide bonds. The van der Waals surface area contributed by atoms with Gasteiger partial charge in [0.2, 0.25) is 0 Å². The first-order chi connectivity index (χ1) is 8.65. The lowest BCUT2D eigenvalue weighted by Gasteiger charge is -2.35. The minimum atomic E-state index is -0.257. The first kappa shape index (κ1) is 11.4. The van der Waals surface area contributed by atoms with Crippen LogP contribution in [0.3, 0.4) is 0 Å². The molecule has 1 fully saturated rings. The van der Waals surface area contributed by atoms with Crippen LogP contribution in [0.15, 0.2) is 17.2 Å². The van der Waals surface area contributed by atoms with E-state index in [1.165, 1.54) is 10.8 Å². The van der Waals surface area contributed by atoms with E-state index in [-0.39, 0.29) is 17.8 Å². The van der Waals surface area contributed by atoms with Crippen LogP contribution in [0.2, 0.25) is 0 Å². The summed E-state index contributed by atoms with van der Waals surface area (Å²) in [6, 6.07) is 2.19. The highest BCUT2D eigenvalue weighted by molar-refractivity contribution is 5.37. The SMILES string of the molecule is CN1CCC(N)CC1c1cc2ncnn2c(=O)[nH]1. The second-order valence-electron chi connectivity index (χ2n) is 4.84. The molecular formula is C11H16N6O. The Labute approximate surface area is 104 Å². The van der Waals surface area contributed by atoms with E-state index in [4.69, 9.17) is 5.73 Å². The molecule has 7 nitrogen and oxygen atoms in total. The summed E-state index contributed by atoms with van der Waals surface area (Å²) in [5.74, 6) is 0. The zero-order chi connectivity index (χ0) is 12.7. The summed E-state index contributed by atoms with van der Waals surface area (Å²) in [6.07, 6.45) is 3.21. The zero-order valence-electron chi connectivity index (χ0n) is 10.2. The summed E-state index contributed by atoms with van der Waals surface area (Å²) in [4.78, 5) is 21.0. The van der Waals surface area contributed by atoms with E-state index in [0.29, 0.717) is 5.65 Å². The Balaban J connectivity index is 2.05. The van der Waals surface area contributed by atoms with Crippen molar-refractivity contribution in [3.63, 3.8) is 0 Å². The van der Waals surface area contributed by atoms with Gasteiger partial charge in [-0.1, -0.05) is 0 Å². The number of nitrogens with two attached hydrogens (primary N) is 1. The first-order valence-electron chi connectivity index (χ1n) is 6.04. The fourth-order valence-corrected chi connectivity index (χ4v) is 2.51. The number of rotatable bonds is 1. The van der Waals surface area contributed by atoms with Gasteiger partial charge in [-0.25, -0.2) is 9.78 Å². The second kappa shape index (κ2) is 4.18. The average Bonchev–Trinajstić information content (AvgIpc) is 2.81. The van der Waals surface area contributed by atoms with Crippen LogP contribution in [0.4, 0.5) is 0 Å². The third-order valence-corrected chi connectivity index (χ3v) is 3.57. The van der Waals surface area contributed by atoms with Gasteiger partial charge >= 0.3 is 5.69 Å². The molecule has 3 rings (SSSR count). The summed E-state index contributed by atoms with van der Waals surface area (Å²) < 4.78 is 1.26. The van der Waals surface area contributed by atoms with Crippen LogP contribution in [0.1, 0.15) is 24.6 Å². The summed E-state index contributed by atoms with van der Waals surface area (Å²) in [5, 5.41) is 3.86. The molecule has 1 aliphatic heterocycles. The molecule has 2 unspecified atom stereocenters. The normalized spacial score (nSPS) is 25.7. The van der Waals surface area contributed by atoms with Crippen molar-refractivity contribution in [1.29, 1.82) is 0 Å². The minimum absolute atomic E-state index is 0.142. The van der Waals surface area contributed by atoms with Gasteiger partial charge in [-0.15, -0.1) is 0 Å². The van der Waals surface area contributed by atoms with E-state index in [1.54, 1.807) is 0 Å². The van der Waals surface area contributed by atoms with Gasteiger partial charge in [0.15, 0.2) is 5.65 Å². The van der Waals surface area contributed by atoms with Gasteiger partial charge in [0.25, 0.3) is 0 Å². The van der Waals surface area contributed by atoms with Crippen molar-refractivity contribution in [3.05, 3.63) is 28.6 Å². The molecule has 1 saturated heterocycles. The van der Waals surface area contributed by atoms with Crippen molar-refractivity contribution < 1.29 is 0 Å². The van der Waals surface area contributed by atoms with Gasteiger partial charge in [0.05, 0.1) is 6.04 Å². The molecule has 2 atom stereocenters.